The van der Waals surface area contributed by atoms with Crippen LogP contribution in [0.3, 0.4) is 0 Å². The minimum absolute atomic E-state index is 0.0162. The minimum Gasteiger partial charge on any atom is -0.508 e. The van der Waals surface area contributed by atoms with E-state index in [2.05, 4.69) is 37.5 Å². The Morgan fingerprint density at radius 2 is 0.396 bits per heavy atom. The Morgan fingerprint density at radius 3 is 0.479 bits per heavy atom. The number of carboxylic acids is 8. The Hall–Kier alpha value is -11.6. The molecule has 0 saturated heterocycles. The van der Waals surface area contributed by atoms with Crippen LogP contribution < -0.4 is 123 Å². The van der Waals surface area contributed by atoms with Crippen molar-refractivity contribution in [2.45, 2.75) is 116 Å². The van der Waals surface area contributed by atoms with Gasteiger partial charge in [-0.3, -0.25) is 43.2 Å². The number of aromatic hydroxyl groups is 3. The predicted octanol–water partition coefficient (Wildman–Crippen LogP) is -19.6. The first kappa shape index (κ1) is 175. The van der Waals surface area contributed by atoms with E-state index in [1.807, 2.05) is 56.4 Å². The monoisotopic (exact) mass is 2120 g/mol. The van der Waals surface area contributed by atoms with Gasteiger partial charge in [-0.05, 0) is 143 Å². The van der Waals surface area contributed by atoms with Gasteiger partial charge in [-0.1, -0.05) is 36.4 Å². The molecule has 3 rings (SSSR count). The highest BCUT2D eigenvalue weighted by Crippen LogP contribution is 2.13. The van der Waals surface area contributed by atoms with Gasteiger partial charge in [-0.15, -0.1) is 0 Å². The molecule has 0 unspecified atom stereocenters. The summed E-state index contributed by atoms with van der Waals surface area (Å²) >= 11 is 0. The summed E-state index contributed by atoms with van der Waals surface area (Å²) in [6, 6.07) is 4.45. The maximum Gasteiger partial charge on any atom is 0.330 e. The lowest BCUT2D eigenvalue weighted by atomic mass is 10.1. The van der Waals surface area contributed by atoms with E-state index in [1.54, 1.807) is 69.3 Å². The second-order valence-electron chi connectivity index (χ2n) is 24.5. The van der Waals surface area contributed by atoms with Gasteiger partial charge in [-0.25, -0.2) is 4.79 Å². The minimum atomic E-state index is -1.18. The first-order valence-electron chi connectivity index (χ1n) is 39.9. The number of nitrogens with two attached hydrogens (primary N) is 12. The van der Waals surface area contributed by atoms with Crippen LogP contribution in [0.15, 0.2) is 72.8 Å². The number of carboxylic acid groups (broad SMARTS) is 8. The Bertz CT molecular complexity index is 3020. The summed E-state index contributed by atoms with van der Waals surface area (Å²) in [6.07, 6.45) is 3.26. The molecule has 68 heteroatoms. The number of phenolic OH excluding ortho intramolecular Hbond substituents is 3. The topological polar surface area (TPSA) is 1300 Å². The largest absolute Gasteiger partial charge is 0.508 e. The number of esters is 2. The van der Waals surface area contributed by atoms with Crippen LogP contribution in [0.4, 0.5) is 0 Å². The average molecular weight is 2120 g/mol. The number of rotatable bonds is 41. The van der Waals surface area contributed by atoms with Gasteiger partial charge in [0.05, 0.1) is 85.7 Å². The summed E-state index contributed by atoms with van der Waals surface area (Å²) in [7, 11) is 18.0. The fourth-order valence-corrected chi connectivity index (χ4v) is 4.43. The number of hydroxylamine groups is 6. The average Bonchev–Trinajstić information content (AvgIpc) is 0.759. The molecule has 0 aliphatic rings. The number of ether oxygens (including phenoxy) is 1. The van der Waals surface area contributed by atoms with Crippen LogP contribution in [0.1, 0.15) is 23.1 Å². The van der Waals surface area contributed by atoms with Crippen LogP contribution >= 0.6 is 0 Å². The number of carbonyl (C=O) groups is 16. The molecular weight excluding hydrogens is 1960 g/mol. The van der Waals surface area contributed by atoms with Crippen LogP contribution in [-0.2, 0) is 101 Å². The van der Waals surface area contributed by atoms with Crippen molar-refractivity contribution < 1.29 is 230 Å². The molecule has 0 saturated carbocycles. The third-order valence-corrected chi connectivity index (χ3v) is 11.9. The molecule has 15 atom stereocenters. The van der Waals surface area contributed by atoms with E-state index < -0.39 is 190 Å². The SMILES string of the molecule is CN.CN.CNC.CNC.CNC.CNC.NCCC(=O)OC(=O)[C@@H](N)Cc1ccc(O)cc1.N[C@@H](CO)C(=O)O.N[C@@H](CO)C(=O)O.N[C@@H](CO)C(=O)O.N[C@@H](CO)C(=O)O.N[C@@H](CO)C(=O)O.N[C@@H](CO)C(=O)O.N[C@@H](Cc1ccc(O)cc1)C(=O)O.N[C@@H](Cc1ccc(O)cc1)C(=O)O.O=C[C@@H](CO)NO.O=C[C@@H](CO)NO.O=C[C@@H](CO)NO.O=C[C@@H](CO)NO.O=C[C@@H](CO)NO.O=C[C@@H](CO)NO. The molecule has 0 amide bonds. The number of hydrogen-bond acceptors (Lipinski definition) is 60. The number of aliphatic hydroxyl groups excluding tert-OH is 12. The number of aliphatic hydroxyl groups is 12. The summed E-state index contributed by atoms with van der Waals surface area (Å²) in [4.78, 5) is 159. The lowest BCUT2D eigenvalue weighted by Crippen LogP contribution is -2.36. The fraction of sp³-hybridized carbons (Fsp3) is 0.553. The van der Waals surface area contributed by atoms with Gasteiger partial charge in [0.1, 0.15) is 146 Å². The molecule has 0 aliphatic carbocycles. The summed E-state index contributed by atoms with van der Waals surface area (Å²) in [5.74, 6) is -10.1. The Labute approximate surface area is 827 Å². The Balaban J connectivity index is -0.0000000738. The summed E-state index contributed by atoms with van der Waals surface area (Å²) < 4.78 is 4.52. The number of benzene rings is 3. The van der Waals surface area contributed by atoms with Crippen molar-refractivity contribution in [2.75, 3.05) is 156 Å². The van der Waals surface area contributed by atoms with E-state index >= 15 is 0 Å². The lowest BCUT2D eigenvalue weighted by Gasteiger charge is -2.10. The maximum atomic E-state index is 11.4. The second kappa shape index (κ2) is 138. The normalized spacial score (nSPS) is 12.1. The number of aldehydes is 6. The highest BCUT2D eigenvalue weighted by Gasteiger charge is 2.20. The number of carbonyl (C=O) groups excluding carboxylic acids is 8. The van der Waals surface area contributed by atoms with Crippen molar-refractivity contribution in [3.8, 4) is 17.2 Å². The van der Waals surface area contributed by atoms with Crippen LogP contribution in [0, 0.1) is 0 Å². The van der Waals surface area contributed by atoms with Crippen molar-refractivity contribution in [3.05, 3.63) is 89.5 Å². The van der Waals surface area contributed by atoms with Crippen LogP contribution in [0.25, 0.3) is 0 Å². The van der Waals surface area contributed by atoms with Crippen molar-refractivity contribution >= 4 is 97.4 Å². The highest BCUT2D eigenvalue weighted by molar-refractivity contribution is 5.88. The number of phenols is 3. The molecule has 3 aromatic rings. The van der Waals surface area contributed by atoms with E-state index in [0.29, 0.717) is 37.7 Å². The molecule has 0 radical (unpaired) electrons. The van der Waals surface area contributed by atoms with Gasteiger partial charge in [-0.2, -0.15) is 32.9 Å². The molecule has 0 spiro atoms. The fourth-order valence-electron chi connectivity index (χ4n) is 4.43. The third kappa shape index (κ3) is 148. The van der Waals surface area contributed by atoms with Gasteiger partial charge in [0.2, 0.25) is 0 Å². The predicted molar refractivity (Wildman–Crippen MR) is 507 cm³/mol. The molecule has 0 aliphatic heterocycles. The molecule has 0 fully saturated rings. The van der Waals surface area contributed by atoms with Crippen LogP contribution in [0.2, 0.25) is 0 Å². The zero-order valence-corrected chi connectivity index (χ0v) is 80.9. The first-order valence-corrected chi connectivity index (χ1v) is 39.9. The molecule has 144 heavy (non-hydrogen) atoms. The quantitative estimate of drug-likeness (QED) is 0.0109. The summed E-state index contributed by atoms with van der Waals surface area (Å²) in [5.41, 5.74) is 70.9. The van der Waals surface area contributed by atoms with Gasteiger partial charge in [0, 0.05) is 6.54 Å². The van der Waals surface area contributed by atoms with Crippen molar-refractivity contribution in [2.24, 2.45) is 68.8 Å². The van der Waals surface area contributed by atoms with E-state index in [1.165, 1.54) is 50.5 Å². The first-order chi connectivity index (χ1) is 67.5. The van der Waals surface area contributed by atoms with Crippen molar-refractivity contribution in [1.82, 2.24) is 54.1 Å². The number of hydrogen-bond donors (Lipinski definition) is 51. The van der Waals surface area contributed by atoms with Crippen LogP contribution in [0.5, 0.6) is 17.2 Å². The molecule has 0 aromatic heterocycles. The Morgan fingerprint density at radius 1 is 0.264 bits per heavy atom. The molecule has 0 heterocycles. The highest BCUT2D eigenvalue weighted by atomic mass is 16.6. The molecule has 68 nitrogen and oxygen atoms in total. The zero-order valence-electron chi connectivity index (χ0n) is 80.9. The van der Waals surface area contributed by atoms with E-state index in [0.717, 1.165) is 16.7 Å². The summed E-state index contributed by atoms with van der Waals surface area (Å²) in [6.45, 7) is -5.15. The molecular formula is C76H160N22O46. The standard InChI is InChI=1S/C12H16N2O4.2C9H11NO3.12C3H7NO3.4C2H7N.2CH5N/c13-6-5-11(16)18-12(17)10(14)7-8-1-3-9(15)4-2-8;2*10-8(9(12)13)5-6-1-3-7(11)4-2-6;6*5-1-3(2-6)4-7;6*4-2(1-5)3(6)7;4*1-3-2;2*1-2/h1-4,10,15H,5-7,13-14H2;2*1-4,8,11H,5,10H2,(H,12,13);6*1,3-4,6-7H,2H2;6*2,5H,1,4H2,(H,6,7);4*3H,1-2H3;2*2H2,1H3/t10-;2*8-;6*3-;6*2-;;;;;;/m000000000000000....../s1. The zero-order chi connectivity index (χ0) is 117. The second-order valence-corrected chi connectivity index (χ2v) is 24.5. The Kier molecular flexibility index (Phi) is 167. The molecule has 3 aromatic carbocycles. The number of nitrogens with one attached hydrogen (secondary N) is 10. The van der Waals surface area contributed by atoms with Crippen molar-refractivity contribution in [3.63, 3.8) is 0 Å². The van der Waals surface area contributed by atoms with Gasteiger partial charge < -0.3 is 272 Å². The molecule has 850 valence electrons. The van der Waals surface area contributed by atoms with Crippen molar-refractivity contribution in [1.29, 1.82) is 0 Å². The van der Waals surface area contributed by atoms with Gasteiger partial charge in [0.25, 0.3) is 0 Å². The summed E-state index contributed by atoms with van der Waals surface area (Å²) in [5, 5.41) is 246. The smallest absolute Gasteiger partial charge is 0.330 e. The van der Waals surface area contributed by atoms with E-state index in [9.17, 15) is 76.7 Å². The molecule has 63 N–H and O–H groups in total. The van der Waals surface area contributed by atoms with E-state index in [-0.39, 0.29) is 89.1 Å². The molecule has 0 bridgehead atoms. The maximum absolute atomic E-state index is 11.4. The van der Waals surface area contributed by atoms with Gasteiger partial charge in [0.15, 0.2) is 0 Å². The van der Waals surface area contributed by atoms with Crippen LogP contribution in [-0.4, -0.2) is 493 Å². The third-order valence-electron chi connectivity index (χ3n) is 11.9. The number of aliphatic carboxylic acids is 8. The van der Waals surface area contributed by atoms with Gasteiger partial charge >= 0.3 is 59.7 Å². The van der Waals surface area contributed by atoms with E-state index in [4.69, 9.17) is 206 Å². The lowest BCUT2D eigenvalue weighted by molar-refractivity contribution is -0.161.